The fraction of sp³-hybridized carbons (Fsp3) is 0.105. The number of benzene rings is 2. The number of hydrazone groups is 1. The first-order chi connectivity index (χ1) is 14.1. The van der Waals surface area contributed by atoms with Gasteiger partial charge in [-0.25, -0.2) is 0 Å². The number of ether oxygens (including phenoxy) is 1. The minimum atomic E-state index is -4.46. The quantitative estimate of drug-likeness (QED) is 0.366. The van der Waals surface area contributed by atoms with Crippen LogP contribution in [0.2, 0.25) is 0 Å². The Morgan fingerprint density at radius 1 is 1.10 bits per heavy atom. The highest BCUT2D eigenvalue weighted by Gasteiger charge is 2.30. The van der Waals surface area contributed by atoms with Gasteiger partial charge in [0.05, 0.1) is 16.7 Å². The van der Waals surface area contributed by atoms with Crippen LogP contribution in [-0.2, 0) is 22.8 Å². The molecule has 0 fully saturated rings. The third kappa shape index (κ3) is 5.86. The Kier molecular flexibility index (Phi) is 6.52. The van der Waals surface area contributed by atoms with Crippen LogP contribution in [0.1, 0.15) is 17.1 Å². The number of nitrogens with zero attached hydrogens (tertiary/aromatic N) is 1. The lowest BCUT2D eigenvalue weighted by Crippen LogP contribution is -2.18. The molecule has 1 N–H and O–H groups in total. The van der Waals surface area contributed by atoms with E-state index in [9.17, 15) is 21.6 Å². The number of hydrogen-bond donors (Lipinski definition) is 1. The van der Waals surface area contributed by atoms with Crippen LogP contribution in [0.15, 0.2) is 79.6 Å². The number of rotatable bonds is 7. The Balaban J connectivity index is 1.58. The highest BCUT2D eigenvalue weighted by Crippen LogP contribution is 2.31. The molecule has 6 nitrogen and oxygen atoms in total. The molecule has 1 heterocycles. The maximum absolute atomic E-state index is 12.7. The van der Waals surface area contributed by atoms with Crippen LogP contribution in [-0.4, -0.2) is 14.6 Å². The zero-order valence-electron chi connectivity index (χ0n) is 15.1. The molecule has 1 aromatic heterocycles. The van der Waals surface area contributed by atoms with E-state index >= 15 is 0 Å². The normalized spacial score (nSPS) is 12.3. The Labute approximate surface area is 178 Å². The second kappa shape index (κ2) is 8.92. The molecule has 0 atom stereocenters. The van der Waals surface area contributed by atoms with E-state index in [1.165, 1.54) is 36.4 Å². The molecule has 0 amide bonds. The van der Waals surface area contributed by atoms with Crippen molar-refractivity contribution in [1.29, 1.82) is 0 Å². The fourth-order valence-electron chi connectivity index (χ4n) is 2.28. The summed E-state index contributed by atoms with van der Waals surface area (Å²) >= 11 is 3.22. The molecule has 2 aromatic carbocycles. The molecule has 0 radical (unpaired) electrons. The van der Waals surface area contributed by atoms with E-state index in [4.69, 9.17) is 9.15 Å². The van der Waals surface area contributed by atoms with Gasteiger partial charge in [-0.05, 0) is 54.6 Å². The summed E-state index contributed by atoms with van der Waals surface area (Å²) in [5, 5.41) is 3.65. The topological polar surface area (TPSA) is 80.9 Å². The predicted molar refractivity (Wildman–Crippen MR) is 107 cm³/mol. The molecule has 0 saturated heterocycles. The molecule has 3 rings (SSSR count). The molecular weight excluding hydrogens is 489 g/mol. The first-order valence-corrected chi connectivity index (χ1v) is 10.6. The Morgan fingerprint density at radius 3 is 2.53 bits per heavy atom. The lowest BCUT2D eigenvalue weighted by Gasteiger charge is -2.09. The summed E-state index contributed by atoms with van der Waals surface area (Å²) in [6.07, 6.45) is -3.30. The molecule has 11 heteroatoms. The molecule has 0 saturated carbocycles. The van der Waals surface area contributed by atoms with Crippen LogP contribution >= 0.6 is 15.9 Å². The number of halogens is 4. The molecule has 30 heavy (non-hydrogen) atoms. The Hall–Kier alpha value is -2.79. The van der Waals surface area contributed by atoms with Crippen LogP contribution in [0.4, 0.5) is 13.2 Å². The third-order valence-corrected chi connectivity index (χ3v) is 5.48. The van der Waals surface area contributed by atoms with Gasteiger partial charge in [0, 0.05) is 4.47 Å². The maximum Gasteiger partial charge on any atom is 0.416 e. The zero-order valence-corrected chi connectivity index (χ0v) is 17.5. The molecule has 0 aliphatic rings. The smallest absolute Gasteiger partial charge is 0.416 e. The van der Waals surface area contributed by atoms with E-state index in [1.54, 1.807) is 12.1 Å². The van der Waals surface area contributed by atoms with Crippen molar-refractivity contribution in [2.24, 2.45) is 5.10 Å². The lowest BCUT2D eigenvalue weighted by molar-refractivity contribution is -0.137. The highest BCUT2D eigenvalue weighted by molar-refractivity contribution is 9.10. The van der Waals surface area contributed by atoms with Crippen LogP contribution in [0.25, 0.3) is 0 Å². The van der Waals surface area contributed by atoms with E-state index in [0.29, 0.717) is 5.76 Å². The molecule has 3 aromatic rings. The first-order valence-electron chi connectivity index (χ1n) is 8.33. The van der Waals surface area contributed by atoms with Crippen molar-refractivity contribution in [2.45, 2.75) is 17.7 Å². The minimum absolute atomic E-state index is 0.0393. The second-order valence-corrected chi connectivity index (χ2v) is 8.50. The summed E-state index contributed by atoms with van der Waals surface area (Å²) in [4.78, 5) is 2.10. The zero-order chi connectivity index (χ0) is 21.8. The average Bonchev–Trinajstić information content (AvgIpc) is 3.14. The van der Waals surface area contributed by atoms with Gasteiger partial charge in [-0.1, -0.05) is 22.0 Å². The Bertz CT molecular complexity index is 1140. The van der Waals surface area contributed by atoms with E-state index in [1.807, 2.05) is 0 Å². The highest BCUT2D eigenvalue weighted by atomic mass is 79.9. The average molecular weight is 503 g/mol. The lowest BCUT2D eigenvalue weighted by atomic mass is 10.2. The van der Waals surface area contributed by atoms with Gasteiger partial charge in [0.15, 0.2) is 0 Å². The standard InChI is InChI=1S/C19H14BrF3N2O4S/c20-14-4-8-18(9-5-14)30(26,27)25-24-11-16-6-7-17(29-16)12-28-15-3-1-2-13(10-15)19(21,22)23/h1-11,25H,12H2/b24-11+. The summed E-state index contributed by atoms with van der Waals surface area (Å²) < 4.78 is 73.9. The van der Waals surface area contributed by atoms with Gasteiger partial charge in [-0.3, -0.25) is 0 Å². The molecule has 0 aliphatic heterocycles. The van der Waals surface area contributed by atoms with E-state index in [2.05, 4.69) is 25.9 Å². The van der Waals surface area contributed by atoms with E-state index < -0.39 is 21.8 Å². The van der Waals surface area contributed by atoms with Crippen molar-refractivity contribution in [3.8, 4) is 5.75 Å². The summed E-state index contributed by atoms with van der Waals surface area (Å²) in [6.45, 7) is -0.111. The van der Waals surface area contributed by atoms with Crippen LogP contribution in [0.3, 0.4) is 0 Å². The molecule has 0 spiro atoms. The number of hydrogen-bond acceptors (Lipinski definition) is 5. The maximum atomic E-state index is 12.7. The van der Waals surface area contributed by atoms with Gasteiger partial charge >= 0.3 is 6.18 Å². The van der Waals surface area contributed by atoms with Crippen LogP contribution < -0.4 is 9.57 Å². The van der Waals surface area contributed by atoms with E-state index in [0.717, 1.165) is 22.8 Å². The van der Waals surface area contributed by atoms with Crippen LogP contribution in [0, 0.1) is 0 Å². The SMILES string of the molecule is O=S(=O)(N/N=C/c1ccc(COc2cccc(C(F)(F)F)c2)o1)c1ccc(Br)cc1. The van der Waals surface area contributed by atoms with Gasteiger partial charge in [0.1, 0.15) is 23.9 Å². The summed E-state index contributed by atoms with van der Waals surface area (Å²) in [6, 6.07) is 13.5. The number of sulfonamides is 1. The predicted octanol–water partition coefficient (Wildman–Crippen LogP) is 4.95. The molecular formula is C19H14BrF3N2O4S. The van der Waals surface area contributed by atoms with Gasteiger partial charge in [-0.2, -0.15) is 31.5 Å². The number of nitrogens with one attached hydrogen (secondary N) is 1. The van der Waals surface area contributed by atoms with Gasteiger partial charge < -0.3 is 9.15 Å². The van der Waals surface area contributed by atoms with Crippen molar-refractivity contribution in [3.63, 3.8) is 0 Å². The van der Waals surface area contributed by atoms with Gasteiger partial charge in [0.2, 0.25) is 0 Å². The number of alkyl halides is 3. The summed E-state index contributed by atoms with van der Waals surface area (Å²) in [5.74, 6) is 0.597. The second-order valence-electron chi connectivity index (χ2n) is 5.93. The third-order valence-electron chi connectivity index (χ3n) is 3.71. The van der Waals surface area contributed by atoms with E-state index in [-0.39, 0.29) is 23.0 Å². The first kappa shape index (κ1) is 21.9. The minimum Gasteiger partial charge on any atom is -0.486 e. The van der Waals surface area contributed by atoms with Gasteiger partial charge in [-0.15, -0.1) is 0 Å². The summed E-state index contributed by atoms with van der Waals surface area (Å²) in [7, 11) is -3.83. The van der Waals surface area contributed by atoms with Crippen molar-refractivity contribution in [3.05, 3.63) is 82.2 Å². The molecule has 0 unspecified atom stereocenters. The van der Waals surface area contributed by atoms with Crippen molar-refractivity contribution in [2.75, 3.05) is 0 Å². The van der Waals surface area contributed by atoms with Crippen molar-refractivity contribution >= 4 is 32.2 Å². The summed E-state index contributed by atoms with van der Waals surface area (Å²) in [5.41, 5.74) is -0.815. The molecule has 0 bridgehead atoms. The van der Waals surface area contributed by atoms with Gasteiger partial charge in [0.25, 0.3) is 10.0 Å². The Morgan fingerprint density at radius 2 is 1.83 bits per heavy atom. The van der Waals surface area contributed by atoms with Crippen LogP contribution in [0.5, 0.6) is 5.75 Å². The molecule has 158 valence electrons. The van der Waals surface area contributed by atoms with Crippen molar-refractivity contribution < 1.29 is 30.7 Å². The van der Waals surface area contributed by atoms with Crippen molar-refractivity contribution in [1.82, 2.24) is 4.83 Å². The monoisotopic (exact) mass is 502 g/mol. The largest absolute Gasteiger partial charge is 0.486 e. The fourth-order valence-corrected chi connectivity index (χ4v) is 3.34. The molecule has 0 aliphatic carbocycles. The number of furan rings is 1.